The summed E-state index contributed by atoms with van der Waals surface area (Å²) in [6.07, 6.45) is 1.15. The molecule has 0 radical (unpaired) electrons. The van der Waals surface area contributed by atoms with Gasteiger partial charge in [0.25, 0.3) is 0 Å². The van der Waals surface area contributed by atoms with Crippen LogP contribution >= 0.6 is 0 Å². The fourth-order valence-corrected chi connectivity index (χ4v) is 0.359. The van der Waals surface area contributed by atoms with Gasteiger partial charge in [0.2, 0.25) is 5.91 Å². The van der Waals surface area contributed by atoms with Crippen LogP contribution in [0.15, 0.2) is 0 Å². The molecule has 0 aromatic heterocycles. The number of hydrogen-bond acceptors (Lipinski definition) is 3. The van der Waals surface area contributed by atoms with Crippen LogP contribution in [0.5, 0.6) is 0 Å². The van der Waals surface area contributed by atoms with Gasteiger partial charge in [0.1, 0.15) is 6.29 Å². The number of carbonyl (C=O) groups excluding carboxylic acids is 2. The van der Waals surface area contributed by atoms with Crippen molar-refractivity contribution in [2.24, 2.45) is 5.84 Å². The van der Waals surface area contributed by atoms with Crippen molar-refractivity contribution >= 4 is 12.2 Å². The summed E-state index contributed by atoms with van der Waals surface area (Å²) in [6, 6.07) is 0. The van der Waals surface area contributed by atoms with Gasteiger partial charge < -0.3 is 4.79 Å². The van der Waals surface area contributed by atoms with E-state index in [1.54, 1.807) is 0 Å². The van der Waals surface area contributed by atoms with Crippen molar-refractivity contribution in [1.82, 2.24) is 5.01 Å². The Kier molecular flexibility index (Phi) is 3.62. The minimum atomic E-state index is -0.220. The van der Waals surface area contributed by atoms with E-state index < -0.39 is 0 Å². The van der Waals surface area contributed by atoms with Gasteiger partial charge in [-0.25, -0.2) is 5.84 Å². The lowest BCUT2D eigenvalue weighted by molar-refractivity contribution is -0.131. The highest BCUT2D eigenvalue weighted by Crippen LogP contribution is 1.86. The average molecular weight is 130 g/mol. The largest absolute Gasteiger partial charge is 0.303 e. The third-order valence-electron chi connectivity index (χ3n) is 0.869. The van der Waals surface area contributed by atoms with E-state index in [4.69, 9.17) is 5.84 Å². The fourth-order valence-electron chi connectivity index (χ4n) is 0.359. The number of nitrogens with zero attached hydrogens (tertiary/aromatic N) is 1. The van der Waals surface area contributed by atoms with Crippen molar-refractivity contribution in [2.45, 2.75) is 12.8 Å². The molecule has 0 saturated carbocycles. The first-order valence-electron chi connectivity index (χ1n) is 2.63. The van der Waals surface area contributed by atoms with E-state index >= 15 is 0 Å². The second kappa shape index (κ2) is 4.03. The maximum absolute atomic E-state index is 10.5. The van der Waals surface area contributed by atoms with Gasteiger partial charge in [0, 0.05) is 19.9 Å². The summed E-state index contributed by atoms with van der Waals surface area (Å²) in [4.78, 5) is 20.3. The maximum atomic E-state index is 10.5. The third kappa shape index (κ3) is 3.66. The Morgan fingerprint density at radius 3 is 2.67 bits per heavy atom. The van der Waals surface area contributed by atoms with Crippen LogP contribution in [0.2, 0.25) is 0 Å². The van der Waals surface area contributed by atoms with E-state index in [0.29, 0.717) is 6.29 Å². The third-order valence-corrected chi connectivity index (χ3v) is 0.869. The van der Waals surface area contributed by atoms with Crippen LogP contribution in [0.3, 0.4) is 0 Å². The van der Waals surface area contributed by atoms with Crippen molar-refractivity contribution in [1.29, 1.82) is 0 Å². The van der Waals surface area contributed by atoms with Crippen LogP contribution in [0.1, 0.15) is 12.8 Å². The summed E-state index contributed by atoms with van der Waals surface area (Å²) in [6.45, 7) is 0. The lowest BCUT2D eigenvalue weighted by atomic mass is 10.3. The first kappa shape index (κ1) is 8.10. The first-order chi connectivity index (χ1) is 4.18. The quantitative estimate of drug-likeness (QED) is 0.238. The van der Waals surface area contributed by atoms with Gasteiger partial charge in [-0.05, 0) is 0 Å². The Morgan fingerprint density at radius 2 is 2.33 bits per heavy atom. The van der Waals surface area contributed by atoms with Gasteiger partial charge >= 0.3 is 0 Å². The zero-order valence-corrected chi connectivity index (χ0v) is 5.33. The topological polar surface area (TPSA) is 63.4 Å². The summed E-state index contributed by atoms with van der Waals surface area (Å²) >= 11 is 0. The van der Waals surface area contributed by atoms with Crippen molar-refractivity contribution in [3.63, 3.8) is 0 Å². The van der Waals surface area contributed by atoms with Crippen molar-refractivity contribution in [2.75, 3.05) is 7.05 Å². The fraction of sp³-hybridized carbons (Fsp3) is 0.600. The highest BCUT2D eigenvalue weighted by atomic mass is 16.2. The van der Waals surface area contributed by atoms with E-state index in [2.05, 4.69) is 0 Å². The summed E-state index contributed by atoms with van der Waals surface area (Å²) in [5.41, 5.74) is 0. The standard InChI is InChI=1S/C5H10N2O2/c1-7(6)5(9)3-2-4-8/h4H,2-3,6H2,1H3. The molecular formula is C5H10N2O2. The molecule has 52 valence electrons. The van der Waals surface area contributed by atoms with Gasteiger partial charge in [-0.3, -0.25) is 9.80 Å². The molecule has 0 unspecified atom stereocenters. The van der Waals surface area contributed by atoms with Gasteiger partial charge in [0.15, 0.2) is 0 Å². The molecule has 0 aromatic rings. The number of hydrazine groups is 1. The molecule has 0 fully saturated rings. The van der Waals surface area contributed by atoms with Gasteiger partial charge in [0.05, 0.1) is 0 Å². The summed E-state index contributed by atoms with van der Waals surface area (Å²) in [7, 11) is 1.45. The number of amides is 1. The van der Waals surface area contributed by atoms with Crippen LogP contribution < -0.4 is 5.84 Å². The van der Waals surface area contributed by atoms with E-state index in [-0.39, 0.29) is 18.7 Å². The maximum Gasteiger partial charge on any atom is 0.236 e. The van der Waals surface area contributed by atoms with Gasteiger partial charge in [-0.15, -0.1) is 0 Å². The van der Waals surface area contributed by atoms with Gasteiger partial charge in [-0.2, -0.15) is 0 Å². The van der Waals surface area contributed by atoms with E-state index in [1.807, 2.05) is 0 Å². The smallest absolute Gasteiger partial charge is 0.236 e. The molecule has 0 heterocycles. The molecule has 0 aliphatic heterocycles. The second-order valence-electron chi connectivity index (χ2n) is 1.71. The number of hydrogen-bond donors (Lipinski definition) is 1. The molecule has 0 bridgehead atoms. The lowest BCUT2D eigenvalue weighted by Crippen LogP contribution is -2.32. The summed E-state index contributed by atoms with van der Waals surface area (Å²) in [5.74, 6) is 4.82. The minimum absolute atomic E-state index is 0.205. The van der Waals surface area contributed by atoms with Crippen LogP contribution in [-0.4, -0.2) is 24.2 Å². The molecule has 0 saturated heterocycles. The highest BCUT2D eigenvalue weighted by Gasteiger charge is 2.01. The van der Waals surface area contributed by atoms with Gasteiger partial charge in [-0.1, -0.05) is 0 Å². The Labute approximate surface area is 53.6 Å². The summed E-state index contributed by atoms with van der Waals surface area (Å²) in [5, 5.41) is 0.976. The zero-order valence-electron chi connectivity index (χ0n) is 5.33. The molecule has 0 aromatic carbocycles. The SMILES string of the molecule is CN(N)C(=O)CCC=O. The van der Waals surface area contributed by atoms with Crippen LogP contribution in [-0.2, 0) is 9.59 Å². The number of carbonyl (C=O) groups is 2. The lowest BCUT2D eigenvalue weighted by Gasteiger charge is -2.06. The van der Waals surface area contributed by atoms with Crippen molar-refractivity contribution < 1.29 is 9.59 Å². The number of nitrogens with two attached hydrogens (primary N) is 1. The van der Waals surface area contributed by atoms with E-state index in [9.17, 15) is 9.59 Å². The second-order valence-corrected chi connectivity index (χ2v) is 1.71. The predicted octanol–water partition coefficient (Wildman–Crippen LogP) is -0.702. The molecule has 4 nitrogen and oxygen atoms in total. The van der Waals surface area contributed by atoms with Crippen LogP contribution in [0.25, 0.3) is 0 Å². The Balaban J connectivity index is 3.38. The van der Waals surface area contributed by atoms with Crippen molar-refractivity contribution in [3.05, 3.63) is 0 Å². The highest BCUT2D eigenvalue weighted by molar-refractivity contribution is 5.77. The molecular weight excluding hydrogens is 120 g/mol. The number of rotatable bonds is 3. The zero-order chi connectivity index (χ0) is 7.28. The Morgan fingerprint density at radius 1 is 1.78 bits per heavy atom. The van der Waals surface area contributed by atoms with E-state index in [1.165, 1.54) is 7.05 Å². The van der Waals surface area contributed by atoms with Crippen molar-refractivity contribution in [3.8, 4) is 0 Å². The monoisotopic (exact) mass is 130 g/mol. The molecule has 1 amide bonds. The normalized spacial score (nSPS) is 8.67. The summed E-state index contributed by atoms with van der Waals surface area (Å²) < 4.78 is 0. The van der Waals surface area contributed by atoms with E-state index in [0.717, 1.165) is 5.01 Å². The molecule has 0 spiro atoms. The molecule has 0 aliphatic rings. The Hall–Kier alpha value is -0.900. The molecule has 0 atom stereocenters. The predicted molar refractivity (Wildman–Crippen MR) is 32.3 cm³/mol. The number of aldehydes is 1. The Bertz CT molecular complexity index is 112. The average Bonchev–Trinajstić information content (AvgIpc) is 1.82. The minimum Gasteiger partial charge on any atom is -0.303 e. The first-order valence-corrected chi connectivity index (χ1v) is 2.63. The molecule has 2 N–H and O–H groups in total. The molecule has 9 heavy (non-hydrogen) atoms. The van der Waals surface area contributed by atoms with Crippen LogP contribution in [0.4, 0.5) is 0 Å². The molecule has 0 rings (SSSR count). The van der Waals surface area contributed by atoms with Crippen LogP contribution in [0, 0.1) is 0 Å². The molecule has 0 aliphatic carbocycles. The molecule has 4 heteroatoms.